The van der Waals surface area contributed by atoms with Crippen LogP contribution in [0.1, 0.15) is 49.5 Å². The zero-order chi connectivity index (χ0) is 45.6. The normalized spacial score (nSPS) is 17.0. The van der Waals surface area contributed by atoms with Crippen LogP contribution >= 0.6 is 46.4 Å². The lowest BCUT2D eigenvalue weighted by Crippen LogP contribution is -2.21. The van der Waals surface area contributed by atoms with Gasteiger partial charge in [0.25, 0.3) is 0 Å². The van der Waals surface area contributed by atoms with E-state index in [4.69, 9.17) is 46.4 Å². The minimum Gasteiger partial charge on any atom is -0.507 e. The van der Waals surface area contributed by atoms with Crippen LogP contribution in [0.3, 0.4) is 0 Å². The lowest BCUT2D eigenvalue weighted by molar-refractivity contribution is -0.120. The highest BCUT2D eigenvalue weighted by Gasteiger charge is 2.26. The number of benzene rings is 2. The minimum absolute atomic E-state index is 0.0787. The lowest BCUT2D eigenvalue weighted by atomic mass is 9.90. The number of carbonyl (C=O) groups excluding carboxylic acids is 12. The average molecular weight is 908 g/mol. The van der Waals surface area contributed by atoms with Crippen molar-refractivity contribution in [2.75, 3.05) is 0 Å². The number of fused-ring (bicyclic) bond motifs is 2. The predicted octanol–water partition coefficient (Wildman–Crippen LogP) is 5.52. The third-order valence-corrected chi connectivity index (χ3v) is 8.91. The van der Waals surface area contributed by atoms with E-state index < -0.39 is 28.9 Å². The molecule has 0 heterocycles. The first-order valence-corrected chi connectivity index (χ1v) is 18.5. The summed E-state index contributed by atoms with van der Waals surface area (Å²) in [7, 11) is 0. The third-order valence-electron chi connectivity index (χ3n) is 7.76. The number of aryl methyl sites for hydroxylation is 1. The van der Waals surface area contributed by atoms with Crippen LogP contribution in [0.25, 0.3) is 0 Å². The number of Topliss-reactive ketones (excluding diaryl/α,β-unsaturated/α-hetero) is 3. The van der Waals surface area contributed by atoms with E-state index in [1.807, 2.05) is 12.1 Å². The topological polar surface area (TPSA) is 245 Å². The molecule has 310 valence electrons. The molecule has 0 aromatic heterocycles. The molecule has 2 aromatic carbocycles. The molecule has 61 heavy (non-hydrogen) atoms. The highest BCUT2D eigenvalue weighted by molar-refractivity contribution is 6.57. The molecule has 0 unspecified atom stereocenters. The molecule has 8 rings (SSSR count). The van der Waals surface area contributed by atoms with Gasteiger partial charge < -0.3 is 10.2 Å². The van der Waals surface area contributed by atoms with Gasteiger partial charge in [0.2, 0.25) is 17.3 Å². The van der Waals surface area contributed by atoms with E-state index in [1.165, 1.54) is 48.6 Å². The van der Waals surface area contributed by atoms with Gasteiger partial charge in [0.05, 0.1) is 37.7 Å². The summed E-state index contributed by atoms with van der Waals surface area (Å²) in [5.74, 6) is -4.22. The Hall–Kier alpha value is -6.84. The fourth-order valence-corrected chi connectivity index (χ4v) is 5.61. The van der Waals surface area contributed by atoms with Gasteiger partial charge in [0.15, 0.2) is 52.0 Å². The summed E-state index contributed by atoms with van der Waals surface area (Å²) in [5.41, 5.74) is 1.34. The SMILES string of the molecule is O=C1C=C(Cl)C(=O)C(Cl)=C1.O=C1C=C(Cl)C(=O)C=C1Cl.O=C1C=CC(=O)C1.O=C1C=CC(=O)C=C1.O=C1C=CC(=O)c2c(O)ccc(O)c21.O=C1CCc2ccccc2C1=O. The van der Waals surface area contributed by atoms with Crippen molar-refractivity contribution in [3.8, 4) is 11.5 Å². The largest absolute Gasteiger partial charge is 0.507 e. The number of hydrogen-bond acceptors (Lipinski definition) is 14. The maximum absolute atomic E-state index is 11.3. The maximum atomic E-state index is 11.3. The Morgan fingerprint density at radius 3 is 1.25 bits per heavy atom. The molecule has 0 bridgehead atoms. The van der Waals surface area contributed by atoms with Crippen LogP contribution in [0, 0.1) is 0 Å². The summed E-state index contributed by atoms with van der Waals surface area (Å²) in [5, 5.41) is 18.3. The van der Waals surface area contributed by atoms with Crippen molar-refractivity contribution >= 4 is 116 Å². The number of phenols is 2. The zero-order valence-electron chi connectivity index (χ0n) is 30.8. The first-order chi connectivity index (χ1) is 28.7. The van der Waals surface area contributed by atoms with Gasteiger partial charge in [-0.05, 0) is 72.7 Å². The van der Waals surface area contributed by atoms with E-state index in [-0.39, 0.29) is 89.7 Å². The van der Waals surface area contributed by atoms with Crippen molar-refractivity contribution in [3.63, 3.8) is 0 Å². The second kappa shape index (κ2) is 22.5. The molecular weight excluding hydrogens is 882 g/mol. The van der Waals surface area contributed by atoms with Crippen molar-refractivity contribution in [2.45, 2.75) is 19.3 Å². The molecule has 2 N–H and O–H groups in total. The van der Waals surface area contributed by atoms with E-state index in [9.17, 15) is 67.7 Å². The molecule has 0 amide bonds. The van der Waals surface area contributed by atoms with Gasteiger partial charge in [0, 0.05) is 36.3 Å². The van der Waals surface area contributed by atoms with Crippen LogP contribution in [0.5, 0.6) is 11.5 Å². The maximum Gasteiger partial charge on any atom is 0.228 e. The smallest absolute Gasteiger partial charge is 0.228 e. The average Bonchev–Trinajstić information content (AvgIpc) is 3.61. The van der Waals surface area contributed by atoms with Gasteiger partial charge in [0.1, 0.15) is 11.5 Å². The number of phenolic OH excluding ortho intramolecular Hbond substituents is 2. The van der Waals surface area contributed by atoms with Crippen molar-refractivity contribution in [3.05, 3.63) is 152 Å². The second-order valence-electron chi connectivity index (χ2n) is 12.2. The number of carbonyl (C=O) groups is 12. The molecule has 0 saturated carbocycles. The Kier molecular flexibility index (Phi) is 17.9. The summed E-state index contributed by atoms with van der Waals surface area (Å²) in [6.45, 7) is 0. The molecule has 6 aliphatic rings. The first kappa shape index (κ1) is 48.5. The minimum atomic E-state index is -0.497. The molecule has 14 nitrogen and oxygen atoms in total. The Labute approximate surface area is 364 Å². The summed E-state index contributed by atoms with van der Waals surface area (Å²) in [4.78, 5) is 128. The third kappa shape index (κ3) is 14.4. The molecule has 6 aliphatic carbocycles. The zero-order valence-corrected chi connectivity index (χ0v) is 33.8. The van der Waals surface area contributed by atoms with E-state index in [0.717, 1.165) is 42.0 Å². The molecule has 2 aromatic rings. The number of allylic oxidation sites excluding steroid dienone is 16. The van der Waals surface area contributed by atoms with Gasteiger partial charge in [-0.2, -0.15) is 0 Å². The monoisotopic (exact) mass is 906 g/mol. The summed E-state index contributed by atoms with van der Waals surface area (Å²) in [6.07, 6.45) is 15.0. The van der Waals surface area contributed by atoms with Crippen molar-refractivity contribution in [2.24, 2.45) is 0 Å². The summed E-state index contributed by atoms with van der Waals surface area (Å²) < 4.78 is 0. The van der Waals surface area contributed by atoms with Crippen LogP contribution in [-0.2, 0) is 49.6 Å². The van der Waals surface area contributed by atoms with Crippen molar-refractivity contribution < 1.29 is 67.7 Å². The van der Waals surface area contributed by atoms with Crippen LogP contribution in [-0.4, -0.2) is 79.6 Å². The van der Waals surface area contributed by atoms with Crippen molar-refractivity contribution in [1.82, 2.24) is 0 Å². The molecule has 18 heteroatoms. The van der Waals surface area contributed by atoms with Crippen LogP contribution in [0.4, 0.5) is 0 Å². The van der Waals surface area contributed by atoms with Crippen LogP contribution in [0.15, 0.2) is 129 Å². The van der Waals surface area contributed by atoms with Gasteiger partial charge in [-0.15, -0.1) is 0 Å². The lowest BCUT2D eigenvalue weighted by Gasteiger charge is -2.11. The van der Waals surface area contributed by atoms with Crippen LogP contribution < -0.4 is 0 Å². The Morgan fingerprint density at radius 1 is 0.410 bits per heavy atom. The number of aromatic hydroxyl groups is 2. The molecule has 0 aliphatic heterocycles. The van der Waals surface area contributed by atoms with E-state index >= 15 is 0 Å². The number of rotatable bonds is 0. The van der Waals surface area contributed by atoms with Gasteiger partial charge >= 0.3 is 0 Å². The summed E-state index contributed by atoms with van der Waals surface area (Å²) in [6, 6.07) is 9.66. The Bertz CT molecular complexity index is 2430. The van der Waals surface area contributed by atoms with Gasteiger partial charge in [-0.1, -0.05) is 70.7 Å². The standard InChI is InChI=1S/C10H6O4.C10H8O2.2C6H2Cl2O2.C6H4O2.C5H4O2/c11-5-1-2-6(12)10-8(14)4-3-7(13)9(5)10;11-9-6-5-7-3-1-2-4-8(7)10(9)12;7-3-1-5(9)4(8)2-6(3)10;7-4-1-3(9)2-5(8)6(4)10;7-5-1-2-6(8)4-3-5;6-4-1-2-5(7)3-4/h1-4,11-12H;1-4H,5-6H2;2*1-2H;1-4H;1-2H,3H2. The highest BCUT2D eigenvalue weighted by atomic mass is 35.5. The van der Waals surface area contributed by atoms with E-state index in [0.29, 0.717) is 18.4 Å². The second-order valence-corrected chi connectivity index (χ2v) is 13.8. The molecule has 0 radical (unpaired) electrons. The van der Waals surface area contributed by atoms with Crippen LogP contribution in [0.2, 0.25) is 0 Å². The molecule has 0 fully saturated rings. The van der Waals surface area contributed by atoms with Crippen molar-refractivity contribution in [1.29, 1.82) is 0 Å². The molecular formula is C43H26Cl4O14. The highest BCUT2D eigenvalue weighted by Crippen LogP contribution is 2.32. The number of hydrogen-bond donors (Lipinski definition) is 2. The Morgan fingerprint density at radius 2 is 0.836 bits per heavy atom. The summed E-state index contributed by atoms with van der Waals surface area (Å²) >= 11 is 21.3. The molecule has 0 atom stereocenters. The number of halogens is 4. The first-order valence-electron chi connectivity index (χ1n) is 17.0. The van der Waals surface area contributed by atoms with Gasteiger partial charge in [-0.3, -0.25) is 57.5 Å². The van der Waals surface area contributed by atoms with E-state index in [1.54, 1.807) is 12.1 Å². The Balaban J connectivity index is 0.000000198. The quantitative estimate of drug-likeness (QED) is 0.143. The molecule has 0 saturated heterocycles. The fraction of sp³-hybridized carbons (Fsp3) is 0.0698. The predicted molar refractivity (Wildman–Crippen MR) is 220 cm³/mol. The fourth-order valence-electron chi connectivity index (χ4n) is 4.83. The van der Waals surface area contributed by atoms with E-state index in [2.05, 4.69) is 0 Å². The molecule has 0 spiro atoms. The van der Waals surface area contributed by atoms with Gasteiger partial charge in [-0.25, -0.2) is 0 Å². The number of ketones is 12.